The molecule has 13 heteroatoms. The van der Waals surface area contributed by atoms with Crippen molar-refractivity contribution in [3.05, 3.63) is 69.5 Å². The molecular formula is C32H32N4O8S. The van der Waals surface area contributed by atoms with E-state index in [2.05, 4.69) is 10.6 Å². The molecule has 3 amide bonds. The van der Waals surface area contributed by atoms with E-state index in [4.69, 9.17) is 0 Å². The Morgan fingerprint density at radius 2 is 1.73 bits per heavy atom. The fourth-order valence-corrected chi connectivity index (χ4v) is 9.22. The van der Waals surface area contributed by atoms with E-state index in [1.165, 1.54) is 59.3 Å². The summed E-state index contributed by atoms with van der Waals surface area (Å²) in [4.78, 5) is 67.6. The fraction of sp³-hybridized carbons (Fsp3) is 0.406. The molecule has 5 N–H and O–H groups in total. The number of aromatic hydroxyl groups is 2. The third kappa shape index (κ3) is 4.38. The highest BCUT2D eigenvalue weighted by atomic mass is 32.2. The fourth-order valence-electron chi connectivity index (χ4n) is 7.59. The maximum Gasteiger partial charge on any atom is 0.327 e. The topological polar surface area (TPSA) is 178 Å². The Hall–Kier alpha value is -4.52. The number of hydrogen-bond acceptors (Lipinski definition) is 8. The first-order chi connectivity index (χ1) is 21.4. The molecule has 3 fully saturated rings. The third-order valence-corrected chi connectivity index (χ3v) is 11.2. The number of fused-ring (bicyclic) bond motifs is 4. The van der Waals surface area contributed by atoms with E-state index in [0.29, 0.717) is 16.5 Å². The Morgan fingerprint density at radius 1 is 1.02 bits per heavy atom. The second-order valence-corrected chi connectivity index (χ2v) is 14.5. The van der Waals surface area contributed by atoms with Gasteiger partial charge in [0.1, 0.15) is 40.6 Å². The van der Waals surface area contributed by atoms with E-state index in [-0.39, 0.29) is 29.0 Å². The number of carbonyl (C=O) groups excluding carboxylic acids is 3. The van der Waals surface area contributed by atoms with E-state index in [1.807, 2.05) is 4.57 Å². The molecule has 234 valence electrons. The minimum absolute atomic E-state index is 0.0109. The lowest BCUT2D eigenvalue weighted by Gasteiger charge is -2.44. The van der Waals surface area contributed by atoms with Gasteiger partial charge in [0.15, 0.2) is 0 Å². The number of carbonyl (C=O) groups is 4. The molecule has 3 aliphatic heterocycles. The van der Waals surface area contributed by atoms with E-state index in [0.717, 1.165) is 31.2 Å². The molecule has 4 heterocycles. The van der Waals surface area contributed by atoms with Crippen molar-refractivity contribution in [3.63, 3.8) is 0 Å². The number of carboxylic acids is 1. The summed E-state index contributed by atoms with van der Waals surface area (Å²) in [5.41, 5.74) is 0.976. The highest BCUT2D eigenvalue weighted by Crippen LogP contribution is 2.52. The summed E-state index contributed by atoms with van der Waals surface area (Å²) in [6, 6.07) is 5.21. The van der Waals surface area contributed by atoms with Gasteiger partial charge in [-0.1, -0.05) is 25.0 Å². The van der Waals surface area contributed by atoms with Gasteiger partial charge < -0.3 is 35.4 Å². The minimum atomic E-state index is -1.35. The maximum atomic E-state index is 13.8. The quantitative estimate of drug-likeness (QED) is 0.256. The Labute approximate surface area is 261 Å². The molecule has 45 heavy (non-hydrogen) atoms. The molecule has 7 rings (SSSR count). The third-order valence-electron chi connectivity index (χ3n) is 9.65. The number of pyridine rings is 1. The summed E-state index contributed by atoms with van der Waals surface area (Å²) < 4.78 is 1.13. The van der Waals surface area contributed by atoms with Crippen LogP contribution in [0.2, 0.25) is 0 Å². The average molecular weight is 633 g/mol. The molecule has 0 spiro atoms. The minimum Gasteiger partial charge on any atom is -0.508 e. The molecule has 1 saturated carbocycles. The average Bonchev–Trinajstić information content (AvgIpc) is 3.47. The number of β-lactam (4-membered cyclic amide) rings is 1. The lowest BCUT2D eigenvalue weighted by atomic mass is 9.82. The maximum absolute atomic E-state index is 13.8. The van der Waals surface area contributed by atoms with Crippen molar-refractivity contribution in [2.75, 3.05) is 0 Å². The number of rotatable bonds is 6. The van der Waals surface area contributed by atoms with Gasteiger partial charge in [-0.25, -0.2) is 4.79 Å². The standard InChI is InChI=1S/C32H32N4O8S/c1-32(2)26(31(43)44)36-29(42)23(30(36)45-32)34-28(41)22(14-7-9-15(37)10-8-14)33-27(40)18-13-35-19-6-4-3-5-16(19)21-20(38)12-11-17(24(21)35)25(18)39/h7-13,16,19,22-23,26,30,37-38H,3-6H2,1-2H3,(H,33,40)(H,34,41)(H,43,44). The largest absolute Gasteiger partial charge is 0.508 e. The van der Waals surface area contributed by atoms with Gasteiger partial charge in [-0.15, -0.1) is 11.8 Å². The van der Waals surface area contributed by atoms with Crippen LogP contribution in [0.5, 0.6) is 11.5 Å². The highest BCUT2D eigenvalue weighted by Gasteiger charge is 2.64. The van der Waals surface area contributed by atoms with Gasteiger partial charge >= 0.3 is 5.97 Å². The summed E-state index contributed by atoms with van der Waals surface area (Å²) in [5, 5.41) is 35.4. The Bertz CT molecular complexity index is 1850. The number of aromatic nitrogens is 1. The van der Waals surface area contributed by atoms with Crippen LogP contribution in [0, 0.1) is 0 Å². The first-order valence-electron chi connectivity index (χ1n) is 14.9. The summed E-state index contributed by atoms with van der Waals surface area (Å²) in [6.07, 6.45) is 5.19. The van der Waals surface area contributed by atoms with E-state index < -0.39 is 57.4 Å². The molecule has 6 unspecified atom stereocenters. The van der Waals surface area contributed by atoms with Gasteiger partial charge in [0, 0.05) is 33.9 Å². The number of hydrogen-bond donors (Lipinski definition) is 5. The number of phenolic OH excluding ortho intramolecular Hbond substituents is 2. The Balaban J connectivity index is 1.21. The molecule has 0 bridgehead atoms. The zero-order valence-corrected chi connectivity index (χ0v) is 25.3. The number of benzene rings is 2. The van der Waals surface area contributed by atoms with Crippen LogP contribution >= 0.6 is 11.8 Å². The van der Waals surface area contributed by atoms with Gasteiger partial charge in [-0.05, 0) is 56.5 Å². The highest BCUT2D eigenvalue weighted by molar-refractivity contribution is 8.01. The van der Waals surface area contributed by atoms with Crippen LogP contribution in [0.3, 0.4) is 0 Å². The Kier molecular flexibility index (Phi) is 6.66. The van der Waals surface area contributed by atoms with Crippen LogP contribution in [0.1, 0.15) is 79.0 Å². The summed E-state index contributed by atoms with van der Waals surface area (Å²) in [7, 11) is 0. The number of phenols is 2. The molecule has 1 aromatic heterocycles. The second-order valence-electron chi connectivity index (χ2n) is 12.7. The van der Waals surface area contributed by atoms with Gasteiger partial charge in [-0.3, -0.25) is 19.2 Å². The Morgan fingerprint density at radius 3 is 2.44 bits per heavy atom. The first kappa shape index (κ1) is 29.2. The SMILES string of the molecule is CC1(C)SC2C(NC(=O)C(NC(=O)c3cn4c5c(c(O)ccc5c3=O)C3CCCCC34)c3ccc(O)cc3)C(=O)N2C1C(=O)O. The summed E-state index contributed by atoms with van der Waals surface area (Å²) in [6.45, 7) is 3.46. The van der Waals surface area contributed by atoms with E-state index in [9.17, 15) is 39.3 Å². The van der Waals surface area contributed by atoms with E-state index in [1.54, 1.807) is 13.8 Å². The van der Waals surface area contributed by atoms with Crippen LogP contribution in [-0.2, 0) is 14.4 Å². The molecule has 2 aromatic carbocycles. The smallest absolute Gasteiger partial charge is 0.327 e. The molecule has 0 radical (unpaired) electrons. The normalized spacial score (nSPS) is 26.5. The predicted molar refractivity (Wildman–Crippen MR) is 164 cm³/mol. The number of carboxylic acid groups (broad SMARTS) is 1. The number of nitrogens with zero attached hydrogens (tertiary/aromatic N) is 2. The summed E-state index contributed by atoms with van der Waals surface area (Å²) >= 11 is 1.28. The van der Waals surface area contributed by atoms with Crippen LogP contribution in [0.15, 0.2) is 47.4 Å². The van der Waals surface area contributed by atoms with Crippen LogP contribution in [0.4, 0.5) is 0 Å². The molecule has 4 aliphatic rings. The van der Waals surface area contributed by atoms with Crippen LogP contribution < -0.4 is 16.1 Å². The van der Waals surface area contributed by atoms with Crippen molar-refractivity contribution < 1.29 is 34.5 Å². The number of nitrogens with one attached hydrogen (secondary N) is 2. The van der Waals surface area contributed by atoms with Gasteiger partial charge in [0.2, 0.25) is 17.2 Å². The monoisotopic (exact) mass is 632 g/mol. The van der Waals surface area contributed by atoms with Crippen molar-refractivity contribution in [2.45, 2.75) is 79.7 Å². The zero-order valence-electron chi connectivity index (χ0n) is 24.5. The molecule has 1 aliphatic carbocycles. The number of aliphatic carboxylic acids is 1. The molecule has 6 atom stereocenters. The first-order valence-corrected chi connectivity index (χ1v) is 15.8. The predicted octanol–water partition coefficient (Wildman–Crippen LogP) is 2.73. The molecule has 12 nitrogen and oxygen atoms in total. The van der Waals surface area contributed by atoms with Crippen LogP contribution in [0.25, 0.3) is 10.9 Å². The van der Waals surface area contributed by atoms with Gasteiger partial charge in [-0.2, -0.15) is 0 Å². The molecular weight excluding hydrogens is 600 g/mol. The molecule has 3 aromatic rings. The van der Waals surface area contributed by atoms with Crippen molar-refractivity contribution >= 4 is 46.4 Å². The molecule has 2 saturated heterocycles. The summed E-state index contributed by atoms with van der Waals surface area (Å²) in [5.74, 6) is -3.08. The number of thioether (sulfide) groups is 1. The van der Waals surface area contributed by atoms with Gasteiger partial charge in [0.05, 0.1) is 5.52 Å². The lowest BCUT2D eigenvalue weighted by molar-refractivity contribution is -0.161. The van der Waals surface area contributed by atoms with Crippen molar-refractivity contribution in [3.8, 4) is 11.5 Å². The van der Waals surface area contributed by atoms with Crippen LogP contribution in [-0.4, -0.2) is 70.7 Å². The van der Waals surface area contributed by atoms with Crippen molar-refractivity contribution in [1.82, 2.24) is 20.1 Å². The lowest BCUT2D eigenvalue weighted by Crippen LogP contribution is -2.71. The van der Waals surface area contributed by atoms with Gasteiger partial charge in [0.25, 0.3) is 5.91 Å². The van der Waals surface area contributed by atoms with Crippen molar-refractivity contribution in [1.29, 1.82) is 0 Å². The number of amides is 3. The van der Waals surface area contributed by atoms with E-state index >= 15 is 0 Å². The zero-order chi connectivity index (χ0) is 31.9. The second kappa shape index (κ2) is 10.3. The van der Waals surface area contributed by atoms with Crippen molar-refractivity contribution in [2.24, 2.45) is 0 Å².